The molecule has 5 rings (SSSR count). The summed E-state index contributed by atoms with van der Waals surface area (Å²) < 4.78 is 48.4. The van der Waals surface area contributed by atoms with E-state index in [4.69, 9.17) is 16.3 Å². The number of carbonyl (C=O) groups is 1. The van der Waals surface area contributed by atoms with Crippen molar-refractivity contribution >= 4 is 33.2 Å². The number of halogens is 2. The average molecular weight is 606 g/mol. The van der Waals surface area contributed by atoms with Crippen molar-refractivity contribution in [2.75, 3.05) is 30.8 Å². The summed E-state index contributed by atoms with van der Waals surface area (Å²) in [5.74, 6) is -0.193. The number of nitrogens with zero attached hydrogens (tertiary/aromatic N) is 1. The number of hydrogen-bond donors (Lipinski definition) is 2. The Morgan fingerprint density at radius 2 is 2.00 bits per heavy atom. The Kier molecular flexibility index (Phi) is 9.12. The zero-order valence-corrected chi connectivity index (χ0v) is 25.6. The Morgan fingerprint density at radius 1 is 1.24 bits per heavy atom. The first-order chi connectivity index (χ1) is 19.4. The standard InChI is InChI=1S/C31H41ClFN3O4S/c1-20-19-41(38,39)36-18-29(20)34-17-24(36)11-12-25-27(33)5-4-6-28(25)35-30(37)15-26(21-7-9-23(32)10-8-21)22-13-14-40-31(2,3)16-22/h4-10,20,22,24,26,29,34H,11-19H2,1-3H3,(H,35,37). The van der Waals surface area contributed by atoms with Gasteiger partial charge in [0, 0.05) is 54.5 Å². The molecule has 2 bridgehead atoms. The Hall–Kier alpha value is -2.04. The van der Waals surface area contributed by atoms with Crippen molar-refractivity contribution in [3.05, 3.63) is 64.4 Å². The molecular weight excluding hydrogens is 565 g/mol. The Labute approximate surface area is 248 Å². The van der Waals surface area contributed by atoms with Crippen molar-refractivity contribution in [3.8, 4) is 0 Å². The highest BCUT2D eigenvalue weighted by Gasteiger charge is 2.43. The van der Waals surface area contributed by atoms with Crippen molar-refractivity contribution in [1.29, 1.82) is 0 Å². The molecule has 10 heteroatoms. The number of anilines is 1. The van der Waals surface area contributed by atoms with E-state index in [1.165, 1.54) is 6.07 Å². The van der Waals surface area contributed by atoms with E-state index in [9.17, 15) is 13.2 Å². The van der Waals surface area contributed by atoms with Crippen LogP contribution in [0, 0.1) is 17.7 Å². The van der Waals surface area contributed by atoms with Gasteiger partial charge in [0.2, 0.25) is 15.9 Å². The van der Waals surface area contributed by atoms with E-state index >= 15 is 4.39 Å². The van der Waals surface area contributed by atoms with Crippen LogP contribution in [0.25, 0.3) is 0 Å². The molecule has 6 atom stereocenters. The number of benzene rings is 2. The van der Waals surface area contributed by atoms with Gasteiger partial charge in [-0.15, -0.1) is 0 Å². The first-order valence-corrected chi connectivity index (χ1v) is 16.6. The second-order valence-corrected chi connectivity index (χ2v) is 15.0. The summed E-state index contributed by atoms with van der Waals surface area (Å²) in [6.07, 6.45) is 2.70. The molecule has 3 aliphatic rings. The zero-order valence-electron chi connectivity index (χ0n) is 24.0. The summed E-state index contributed by atoms with van der Waals surface area (Å²) in [5.41, 5.74) is 1.62. The number of carbonyl (C=O) groups excluding carboxylic acids is 1. The van der Waals surface area contributed by atoms with Crippen molar-refractivity contribution in [2.24, 2.45) is 11.8 Å². The highest BCUT2D eigenvalue weighted by molar-refractivity contribution is 7.89. The van der Waals surface area contributed by atoms with Gasteiger partial charge in [0.25, 0.3) is 0 Å². The largest absolute Gasteiger partial charge is 0.376 e. The van der Waals surface area contributed by atoms with Gasteiger partial charge in [-0.05, 0) is 87.1 Å². The van der Waals surface area contributed by atoms with Gasteiger partial charge in [0.15, 0.2) is 0 Å². The van der Waals surface area contributed by atoms with Crippen LogP contribution in [-0.4, -0.2) is 61.8 Å². The first kappa shape index (κ1) is 30.4. The van der Waals surface area contributed by atoms with Gasteiger partial charge in [0.1, 0.15) is 5.82 Å². The molecular formula is C31H41ClFN3O4S. The maximum atomic E-state index is 15.1. The highest BCUT2D eigenvalue weighted by atomic mass is 35.5. The third kappa shape index (κ3) is 7.13. The van der Waals surface area contributed by atoms with Gasteiger partial charge in [-0.25, -0.2) is 12.8 Å². The molecule has 3 aliphatic heterocycles. The van der Waals surface area contributed by atoms with Crippen molar-refractivity contribution in [2.45, 2.75) is 76.5 Å². The second kappa shape index (κ2) is 12.3. The molecule has 41 heavy (non-hydrogen) atoms. The normalized spacial score (nSPS) is 29.4. The minimum atomic E-state index is -3.35. The molecule has 1 amide bonds. The summed E-state index contributed by atoms with van der Waals surface area (Å²) in [7, 11) is -3.35. The topological polar surface area (TPSA) is 87.7 Å². The monoisotopic (exact) mass is 605 g/mol. The van der Waals surface area contributed by atoms with Gasteiger partial charge >= 0.3 is 0 Å². The molecule has 0 spiro atoms. The van der Waals surface area contributed by atoms with Gasteiger partial charge in [-0.2, -0.15) is 4.31 Å². The second-order valence-electron chi connectivity index (χ2n) is 12.6. The Morgan fingerprint density at radius 3 is 2.73 bits per heavy atom. The molecule has 3 fully saturated rings. The molecule has 2 aromatic rings. The van der Waals surface area contributed by atoms with Crippen LogP contribution in [0.15, 0.2) is 42.5 Å². The fraction of sp³-hybridized carbons (Fsp3) is 0.581. The summed E-state index contributed by atoms with van der Waals surface area (Å²) in [5, 5.41) is 7.11. The highest BCUT2D eigenvalue weighted by Crippen LogP contribution is 2.40. The number of piperazine rings is 1. The fourth-order valence-electron chi connectivity index (χ4n) is 6.84. The lowest BCUT2D eigenvalue weighted by Crippen LogP contribution is -2.65. The lowest BCUT2D eigenvalue weighted by molar-refractivity contribution is -0.118. The van der Waals surface area contributed by atoms with Crippen molar-refractivity contribution in [1.82, 2.24) is 9.62 Å². The van der Waals surface area contributed by atoms with E-state index in [2.05, 4.69) is 24.5 Å². The number of sulfonamides is 1. The molecule has 0 aromatic heterocycles. The van der Waals surface area contributed by atoms with Crippen molar-refractivity contribution < 1.29 is 22.3 Å². The summed E-state index contributed by atoms with van der Waals surface area (Å²) in [6, 6.07) is 12.3. The van der Waals surface area contributed by atoms with Gasteiger partial charge in [0.05, 0.1) is 11.4 Å². The van der Waals surface area contributed by atoms with Crippen LogP contribution in [0.1, 0.15) is 63.5 Å². The number of rotatable bonds is 8. The van der Waals surface area contributed by atoms with E-state index < -0.39 is 15.8 Å². The summed E-state index contributed by atoms with van der Waals surface area (Å²) >= 11 is 6.15. The maximum absolute atomic E-state index is 15.1. The average Bonchev–Trinajstić information content (AvgIpc) is 2.90. The van der Waals surface area contributed by atoms with Crippen LogP contribution in [0.4, 0.5) is 10.1 Å². The van der Waals surface area contributed by atoms with Crippen molar-refractivity contribution in [3.63, 3.8) is 0 Å². The molecule has 2 aromatic carbocycles. The minimum absolute atomic E-state index is 0.0413. The van der Waals surface area contributed by atoms with Gasteiger partial charge in [-0.3, -0.25) is 4.79 Å². The van der Waals surface area contributed by atoms with Crippen LogP contribution in [-0.2, 0) is 26.0 Å². The predicted octanol–water partition coefficient (Wildman–Crippen LogP) is 5.35. The lowest BCUT2D eigenvalue weighted by Gasteiger charge is -2.46. The van der Waals surface area contributed by atoms with E-state index in [0.717, 1.165) is 18.4 Å². The van der Waals surface area contributed by atoms with E-state index in [1.807, 2.05) is 31.2 Å². The fourth-order valence-corrected chi connectivity index (χ4v) is 9.08. The minimum Gasteiger partial charge on any atom is -0.376 e. The van der Waals surface area contributed by atoms with Crippen LogP contribution >= 0.6 is 11.6 Å². The SMILES string of the molecule is CC1CS(=O)(=O)N2CC1NCC2CCc1c(F)cccc1NC(=O)CC(c1ccc(Cl)cc1)C1CCOC(C)(C)C1. The number of nitrogens with one attached hydrogen (secondary N) is 2. The van der Waals surface area contributed by atoms with E-state index in [1.54, 1.807) is 16.4 Å². The number of fused-ring (bicyclic) bond motifs is 2. The molecule has 0 aliphatic carbocycles. The van der Waals surface area contributed by atoms with Gasteiger partial charge < -0.3 is 15.4 Å². The molecule has 0 saturated carbocycles. The Bertz CT molecular complexity index is 1350. The predicted molar refractivity (Wildman–Crippen MR) is 160 cm³/mol. The molecule has 7 nitrogen and oxygen atoms in total. The molecule has 0 radical (unpaired) electrons. The molecule has 3 heterocycles. The maximum Gasteiger partial charge on any atom is 0.225 e. The van der Waals surface area contributed by atoms with Crippen LogP contribution in [0.2, 0.25) is 5.02 Å². The Balaban J connectivity index is 1.30. The van der Waals surface area contributed by atoms with Gasteiger partial charge in [-0.1, -0.05) is 36.7 Å². The van der Waals surface area contributed by atoms with E-state index in [0.29, 0.717) is 48.8 Å². The lowest BCUT2D eigenvalue weighted by atomic mass is 9.75. The summed E-state index contributed by atoms with van der Waals surface area (Å²) in [6.45, 7) is 7.74. The third-order valence-electron chi connectivity index (χ3n) is 9.05. The third-order valence-corrected chi connectivity index (χ3v) is 11.4. The van der Waals surface area contributed by atoms with Crippen LogP contribution < -0.4 is 10.6 Å². The molecule has 224 valence electrons. The number of ether oxygens (including phenoxy) is 1. The van der Waals surface area contributed by atoms with E-state index in [-0.39, 0.29) is 53.5 Å². The van der Waals surface area contributed by atoms with Crippen LogP contribution in [0.5, 0.6) is 0 Å². The zero-order chi connectivity index (χ0) is 29.4. The smallest absolute Gasteiger partial charge is 0.225 e. The first-order valence-electron chi connectivity index (χ1n) is 14.6. The number of amides is 1. The molecule has 6 unspecified atom stereocenters. The molecule has 2 N–H and O–H groups in total. The quantitative estimate of drug-likeness (QED) is 0.424. The van der Waals surface area contributed by atoms with Crippen LogP contribution in [0.3, 0.4) is 0 Å². The summed E-state index contributed by atoms with van der Waals surface area (Å²) in [4.78, 5) is 13.5. The molecule has 3 saturated heterocycles. The number of hydrogen-bond acceptors (Lipinski definition) is 5.